The molecule has 0 saturated heterocycles. The summed E-state index contributed by atoms with van der Waals surface area (Å²) in [4.78, 5) is 16.7. The molecule has 0 bridgehead atoms. The number of hydrogen-bond acceptors (Lipinski definition) is 3. The lowest BCUT2D eigenvalue weighted by Gasteiger charge is -2.17. The van der Waals surface area contributed by atoms with Crippen molar-refractivity contribution < 1.29 is 4.74 Å². The summed E-state index contributed by atoms with van der Waals surface area (Å²) < 4.78 is 7.04. The molecule has 0 unspecified atom stereocenters. The minimum absolute atomic E-state index is 0.102. The quantitative estimate of drug-likeness (QED) is 0.720. The van der Waals surface area contributed by atoms with E-state index in [1.165, 1.54) is 0 Å². The van der Waals surface area contributed by atoms with Gasteiger partial charge in [0.1, 0.15) is 6.61 Å². The Morgan fingerprint density at radius 3 is 3.00 bits per heavy atom. The van der Waals surface area contributed by atoms with Gasteiger partial charge in [0.05, 0.1) is 16.4 Å². The van der Waals surface area contributed by atoms with Crippen LogP contribution in [0.25, 0.3) is 10.9 Å². The third-order valence-electron chi connectivity index (χ3n) is 2.96. The van der Waals surface area contributed by atoms with E-state index in [0.717, 1.165) is 0 Å². The van der Waals surface area contributed by atoms with E-state index in [1.807, 2.05) is 13.8 Å². The molecule has 17 heavy (non-hydrogen) atoms. The minimum atomic E-state index is -0.365. The van der Waals surface area contributed by atoms with Gasteiger partial charge in [-0.2, -0.15) is 4.98 Å². The number of hydrogen-bond donors (Lipinski definition) is 0. The molecule has 0 N–H and O–H groups in total. The number of fused-ring (bicyclic) bond motifs is 2. The van der Waals surface area contributed by atoms with Gasteiger partial charge >= 0.3 is 0 Å². The van der Waals surface area contributed by atoms with E-state index in [2.05, 4.69) is 4.98 Å². The maximum Gasteiger partial charge on any atom is 0.300 e. The summed E-state index contributed by atoms with van der Waals surface area (Å²) in [5.41, 5.74) is 0.147. The van der Waals surface area contributed by atoms with Crippen LogP contribution in [0.15, 0.2) is 23.0 Å². The van der Waals surface area contributed by atoms with Gasteiger partial charge in [-0.15, -0.1) is 0 Å². The Morgan fingerprint density at radius 2 is 2.24 bits per heavy atom. The smallest absolute Gasteiger partial charge is 0.300 e. The maximum absolute atomic E-state index is 12.4. The van der Waals surface area contributed by atoms with E-state index in [9.17, 15) is 4.79 Å². The van der Waals surface area contributed by atoms with Crippen molar-refractivity contribution in [2.45, 2.75) is 19.4 Å². The first-order valence-electron chi connectivity index (χ1n) is 5.35. The molecule has 0 atom stereocenters. The molecule has 1 aliphatic rings. The summed E-state index contributed by atoms with van der Waals surface area (Å²) in [5, 5.41) is 1.06. The molecule has 0 spiro atoms. The van der Waals surface area contributed by atoms with Crippen LogP contribution in [-0.4, -0.2) is 16.2 Å². The van der Waals surface area contributed by atoms with Crippen molar-refractivity contribution in [2.24, 2.45) is 0 Å². The van der Waals surface area contributed by atoms with E-state index in [1.54, 1.807) is 22.8 Å². The molecule has 2 aromatic rings. The Labute approximate surface area is 103 Å². The Morgan fingerprint density at radius 1 is 1.47 bits per heavy atom. The molecule has 0 saturated carbocycles. The van der Waals surface area contributed by atoms with Crippen LogP contribution in [0.2, 0.25) is 5.02 Å². The first-order valence-corrected chi connectivity index (χ1v) is 5.72. The van der Waals surface area contributed by atoms with Gasteiger partial charge in [-0.25, -0.2) is 0 Å². The van der Waals surface area contributed by atoms with Gasteiger partial charge in [-0.1, -0.05) is 11.6 Å². The summed E-state index contributed by atoms with van der Waals surface area (Å²) in [7, 11) is 0. The number of rotatable bonds is 0. The first kappa shape index (κ1) is 10.6. The zero-order valence-electron chi connectivity index (χ0n) is 9.53. The van der Waals surface area contributed by atoms with Crippen molar-refractivity contribution in [2.75, 3.05) is 6.61 Å². The van der Waals surface area contributed by atoms with E-state index < -0.39 is 0 Å². The van der Waals surface area contributed by atoms with E-state index in [-0.39, 0.29) is 11.1 Å². The van der Waals surface area contributed by atoms with Crippen LogP contribution in [0.4, 0.5) is 0 Å². The molecule has 1 aromatic heterocycles. The van der Waals surface area contributed by atoms with Crippen molar-refractivity contribution in [3.8, 4) is 6.01 Å². The molecule has 1 aromatic carbocycles. The predicted octanol–water partition coefficient (Wildman–Crippen LogP) is 2.18. The normalized spacial score (nSPS) is 16.9. The molecule has 0 fully saturated rings. The lowest BCUT2D eigenvalue weighted by atomic mass is 10.1. The number of aromatic nitrogens is 2. The Kier molecular flexibility index (Phi) is 2.01. The highest BCUT2D eigenvalue weighted by Crippen LogP contribution is 2.28. The molecule has 2 heterocycles. The second kappa shape index (κ2) is 3.23. The summed E-state index contributed by atoms with van der Waals surface area (Å²) in [5.74, 6) is 0. The SMILES string of the molecule is CC1(C)COc2nc3ccc(Cl)cc3c(=O)n21. The zero-order valence-corrected chi connectivity index (χ0v) is 10.3. The fraction of sp³-hybridized carbons (Fsp3) is 0.333. The van der Waals surface area contributed by atoms with Crippen molar-refractivity contribution in [1.82, 2.24) is 9.55 Å². The summed E-state index contributed by atoms with van der Waals surface area (Å²) >= 11 is 5.91. The van der Waals surface area contributed by atoms with Gasteiger partial charge in [0, 0.05) is 5.02 Å². The Bertz CT molecular complexity index is 676. The number of benzene rings is 1. The second-order valence-electron chi connectivity index (χ2n) is 4.80. The Balaban J connectivity index is 2.46. The highest BCUT2D eigenvalue weighted by Gasteiger charge is 2.34. The predicted molar refractivity (Wildman–Crippen MR) is 65.8 cm³/mol. The molecule has 88 valence electrons. The average Bonchev–Trinajstić information content (AvgIpc) is 2.56. The molecule has 1 aliphatic heterocycles. The summed E-state index contributed by atoms with van der Waals surface area (Å²) in [6.07, 6.45) is 0. The molecule has 3 rings (SSSR count). The molecule has 0 radical (unpaired) electrons. The van der Waals surface area contributed by atoms with Gasteiger partial charge in [-0.3, -0.25) is 9.36 Å². The van der Waals surface area contributed by atoms with Crippen LogP contribution >= 0.6 is 11.6 Å². The van der Waals surface area contributed by atoms with Crippen LogP contribution in [0, 0.1) is 0 Å². The summed E-state index contributed by atoms with van der Waals surface area (Å²) in [6.45, 7) is 4.35. The van der Waals surface area contributed by atoms with Crippen LogP contribution < -0.4 is 10.3 Å². The van der Waals surface area contributed by atoms with Crippen molar-refractivity contribution >= 4 is 22.5 Å². The average molecular weight is 251 g/mol. The summed E-state index contributed by atoms with van der Waals surface area (Å²) in [6, 6.07) is 5.48. The van der Waals surface area contributed by atoms with Crippen molar-refractivity contribution in [3.05, 3.63) is 33.6 Å². The monoisotopic (exact) mass is 250 g/mol. The van der Waals surface area contributed by atoms with Crippen molar-refractivity contribution in [1.29, 1.82) is 0 Å². The van der Waals surface area contributed by atoms with Gasteiger partial charge < -0.3 is 4.74 Å². The molecule has 5 heteroatoms. The van der Waals surface area contributed by atoms with Crippen LogP contribution in [0.3, 0.4) is 0 Å². The van der Waals surface area contributed by atoms with Gasteiger partial charge in [0.2, 0.25) is 0 Å². The number of ether oxygens (including phenoxy) is 1. The lowest BCUT2D eigenvalue weighted by Crippen LogP contribution is -2.34. The van der Waals surface area contributed by atoms with E-state index in [4.69, 9.17) is 16.3 Å². The molecule has 0 amide bonds. The Hall–Kier alpha value is -1.55. The standard InChI is InChI=1S/C12H11ClN2O2/c1-12(2)6-17-11-14-9-4-3-7(13)5-8(9)10(16)15(11)12/h3-5H,6H2,1-2H3. The topological polar surface area (TPSA) is 44.1 Å². The molecular weight excluding hydrogens is 240 g/mol. The fourth-order valence-corrected chi connectivity index (χ4v) is 2.25. The number of nitrogens with zero attached hydrogens (tertiary/aromatic N) is 2. The highest BCUT2D eigenvalue weighted by molar-refractivity contribution is 6.31. The molecule has 0 aliphatic carbocycles. The first-order chi connectivity index (χ1) is 7.99. The largest absolute Gasteiger partial charge is 0.462 e. The van der Waals surface area contributed by atoms with Gasteiger partial charge in [0.15, 0.2) is 0 Å². The number of halogens is 1. The van der Waals surface area contributed by atoms with Gasteiger partial charge in [-0.05, 0) is 32.0 Å². The minimum Gasteiger partial charge on any atom is -0.462 e. The fourth-order valence-electron chi connectivity index (χ4n) is 2.07. The van der Waals surface area contributed by atoms with E-state index >= 15 is 0 Å². The third kappa shape index (κ3) is 1.44. The highest BCUT2D eigenvalue weighted by atomic mass is 35.5. The van der Waals surface area contributed by atoms with Crippen molar-refractivity contribution in [3.63, 3.8) is 0 Å². The van der Waals surface area contributed by atoms with Crippen LogP contribution in [0.5, 0.6) is 6.01 Å². The lowest BCUT2D eigenvalue weighted by molar-refractivity contribution is 0.267. The third-order valence-corrected chi connectivity index (χ3v) is 3.19. The zero-order chi connectivity index (χ0) is 12.2. The van der Waals surface area contributed by atoms with Crippen LogP contribution in [0.1, 0.15) is 13.8 Å². The second-order valence-corrected chi connectivity index (χ2v) is 5.23. The molecule has 4 nitrogen and oxygen atoms in total. The molecular formula is C12H11ClN2O2. The maximum atomic E-state index is 12.4. The van der Waals surface area contributed by atoms with Crippen LogP contribution in [-0.2, 0) is 5.54 Å². The van der Waals surface area contributed by atoms with Gasteiger partial charge in [0.25, 0.3) is 11.6 Å². The van der Waals surface area contributed by atoms with E-state index in [0.29, 0.717) is 28.5 Å².